The van der Waals surface area contributed by atoms with E-state index in [2.05, 4.69) is 5.32 Å². The lowest BCUT2D eigenvalue weighted by molar-refractivity contribution is -0.121. The Morgan fingerprint density at radius 1 is 1.33 bits per heavy atom. The number of aliphatic hydroxyl groups excluding tert-OH is 1. The number of para-hydroxylation sites is 1. The van der Waals surface area contributed by atoms with E-state index in [0.717, 1.165) is 5.56 Å². The van der Waals surface area contributed by atoms with Gasteiger partial charge in [0.25, 0.3) is 0 Å². The van der Waals surface area contributed by atoms with Gasteiger partial charge >= 0.3 is 0 Å². The predicted octanol–water partition coefficient (Wildman–Crippen LogP) is -0.119. The maximum absolute atomic E-state index is 12.2. The fraction of sp³-hybridized carbons (Fsp3) is 0.533. The number of aliphatic hydroxyl groups is 1. The molecule has 0 bridgehead atoms. The number of fused-ring (bicyclic) bond motifs is 1. The SMILES string of the molecule is COc1ccccc1CC(=O)N[C@H]1CO[C@H]2[C@@H]1OC[C@@H]2O. The molecule has 0 radical (unpaired) electrons. The number of benzene rings is 1. The molecular weight excluding hydrogens is 274 g/mol. The highest BCUT2D eigenvalue weighted by Crippen LogP contribution is 2.27. The first-order valence-electron chi connectivity index (χ1n) is 7.01. The Kier molecular flexibility index (Phi) is 4.10. The van der Waals surface area contributed by atoms with Crippen LogP contribution in [0.5, 0.6) is 5.75 Å². The number of carbonyl (C=O) groups is 1. The second-order valence-electron chi connectivity index (χ2n) is 5.33. The first-order chi connectivity index (χ1) is 10.2. The first-order valence-corrected chi connectivity index (χ1v) is 7.01. The van der Waals surface area contributed by atoms with Crippen molar-refractivity contribution in [3.05, 3.63) is 29.8 Å². The van der Waals surface area contributed by atoms with Gasteiger partial charge in [-0.25, -0.2) is 0 Å². The Hall–Kier alpha value is -1.63. The summed E-state index contributed by atoms with van der Waals surface area (Å²) in [5.74, 6) is 0.583. The van der Waals surface area contributed by atoms with Crippen molar-refractivity contribution < 1.29 is 24.1 Å². The Morgan fingerprint density at radius 3 is 2.90 bits per heavy atom. The zero-order valence-electron chi connectivity index (χ0n) is 11.8. The van der Waals surface area contributed by atoms with Gasteiger partial charge in [0.2, 0.25) is 5.91 Å². The molecule has 21 heavy (non-hydrogen) atoms. The zero-order chi connectivity index (χ0) is 14.8. The fourth-order valence-corrected chi connectivity index (χ4v) is 2.88. The Labute approximate surface area is 123 Å². The third-order valence-electron chi connectivity index (χ3n) is 3.92. The van der Waals surface area contributed by atoms with Gasteiger partial charge in [0.1, 0.15) is 24.1 Å². The normalized spacial score (nSPS) is 31.0. The molecular formula is C15H19NO5. The van der Waals surface area contributed by atoms with Crippen LogP contribution in [0.15, 0.2) is 24.3 Å². The van der Waals surface area contributed by atoms with E-state index in [-0.39, 0.29) is 37.2 Å². The molecule has 2 aliphatic rings. The minimum atomic E-state index is -0.605. The van der Waals surface area contributed by atoms with Gasteiger partial charge in [0.15, 0.2) is 0 Å². The van der Waals surface area contributed by atoms with E-state index in [1.54, 1.807) is 7.11 Å². The molecule has 0 aliphatic carbocycles. The van der Waals surface area contributed by atoms with Crippen LogP contribution < -0.4 is 10.1 Å². The molecule has 0 spiro atoms. The summed E-state index contributed by atoms with van der Waals surface area (Å²) in [4.78, 5) is 12.2. The number of rotatable bonds is 4. The van der Waals surface area contributed by atoms with Crippen LogP contribution in [0.2, 0.25) is 0 Å². The predicted molar refractivity (Wildman–Crippen MR) is 74.1 cm³/mol. The summed E-state index contributed by atoms with van der Waals surface area (Å²) >= 11 is 0. The molecule has 6 heteroatoms. The highest BCUT2D eigenvalue weighted by Gasteiger charge is 2.47. The van der Waals surface area contributed by atoms with Gasteiger partial charge < -0.3 is 24.6 Å². The van der Waals surface area contributed by atoms with E-state index < -0.39 is 6.10 Å². The second-order valence-corrected chi connectivity index (χ2v) is 5.33. The summed E-state index contributed by atoms with van der Waals surface area (Å²) in [5.41, 5.74) is 0.834. The lowest BCUT2D eigenvalue weighted by Gasteiger charge is -2.17. The van der Waals surface area contributed by atoms with Crippen LogP contribution in [0.3, 0.4) is 0 Å². The van der Waals surface area contributed by atoms with Crippen LogP contribution in [0.4, 0.5) is 0 Å². The van der Waals surface area contributed by atoms with Crippen LogP contribution in [-0.4, -0.2) is 55.7 Å². The molecule has 2 heterocycles. The van der Waals surface area contributed by atoms with E-state index in [0.29, 0.717) is 12.4 Å². The fourth-order valence-electron chi connectivity index (χ4n) is 2.88. The van der Waals surface area contributed by atoms with E-state index in [4.69, 9.17) is 14.2 Å². The van der Waals surface area contributed by atoms with E-state index in [1.165, 1.54) is 0 Å². The maximum Gasteiger partial charge on any atom is 0.224 e. The van der Waals surface area contributed by atoms with E-state index in [9.17, 15) is 9.90 Å². The molecule has 2 N–H and O–H groups in total. The number of hydrogen-bond acceptors (Lipinski definition) is 5. The van der Waals surface area contributed by atoms with E-state index >= 15 is 0 Å². The number of amides is 1. The summed E-state index contributed by atoms with van der Waals surface area (Å²) in [6, 6.07) is 7.21. The Bertz CT molecular complexity index is 521. The molecule has 1 aromatic carbocycles. The zero-order valence-corrected chi connectivity index (χ0v) is 11.8. The first kappa shape index (κ1) is 14.3. The molecule has 114 valence electrons. The van der Waals surface area contributed by atoms with Crippen molar-refractivity contribution in [2.75, 3.05) is 20.3 Å². The summed E-state index contributed by atoms with van der Waals surface area (Å²) in [6.07, 6.45) is -0.963. The molecule has 2 aliphatic heterocycles. The molecule has 1 aromatic rings. The molecule has 4 atom stereocenters. The van der Waals surface area contributed by atoms with Gasteiger partial charge in [0, 0.05) is 5.56 Å². The molecule has 2 fully saturated rings. The van der Waals surface area contributed by atoms with Gasteiger partial charge in [-0.2, -0.15) is 0 Å². The van der Waals surface area contributed by atoms with Gasteiger partial charge in [-0.3, -0.25) is 4.79 Å². The van der Waals surface area contributed by atoms with Crippen LogP contribution in [0, 0.1) is 0 Å². The number of methoxy groups -OCH3 is 1. The summed E-state index contributed by atoms with van der Waals surface area (Å²) < 4.78 is 16.2. The molecule has 0 aromatic heterocycles. The third kappa shape index (κ3) is 2.88. The summed E-state index contributed by atoms with van der Waals surface area (Å²) in [5, 5.41) is 12.6. The van der Waals surface area contributed by atoms with Crippen LogP contribution in [0.1, 0.15) is 5.56 Å². The average Bonchev–Trinajstić information content (AvgIpc) is 3.04. The van der Waals surface area contributed by atoms with Gasteiger partial charge in [-0.15, -0.1) is 0 Å². The molecule has 1 amide bonds. The van der Waals surface area contributed by atoms with Crippen molar-refractivity contribution in [2.45, 2.75) is 30.8 Å². The monoisotopic (exact) mass is 293 g/mol. The molecule has 3 rings (SSSR count). The van der Waals surface area contributed by atoms with Crippen molar-refractivity contribution in [3.63, 3.8) is 0 Å². The van der Waals surface area contributed by atoms with Crippen molar-refractivity contribution in [2.24, 2.45) is 0 Å². The van der Waals surface area contributed by atoms with Crippen molar-refractivity contribution in [1.82, 2.24) is 5.32 Å². The van der Waals surface area contributed by atoms with Crippen LogP contribution in [-0.2, 0) is 20.7 Å². The van der Waals surface area contributed by atoms with Crippen molar-refractivity contribution in [1.29, 1.82) is 0 Å². The Morgan fingerprint density at radius 2 is 2.10 bits per heavy atom. The smallest absolute Gasteiger partial charge is 0.224 e. The third-order valence-corrected chi connectivity index (χ3v) is 3.92. The molecule has 6 nitrogen and oxygen atoms in total. The number of carbonyl (C=O) groups excluding carboxylic acids is 1. The summed E-state index contributed by atoms with van der Waals surface area (Å²) in [7, 11) is 1.58. The maximum atomic E-state index is 12.2. The second kappa shape index (κ2) is 6.01. The van der Waals surface area contributed by atoms with Gasteiger partial charge in [-0.1, -0.05) is 18.2 Å². The lowest BCUT2D eigenvalue weighted by atomic mass is 10.1. The van der Waals surface area contributed by atoms with Gasteiger partial charge in [-0.05, 0) is 6.07 Å². The van der Waals surface area contributed by atoms with Crippen LogP contribution >= 0.6 is 0 Å². The highest BCUT2D eigenvalue weighted by molar-refractivity contribution is 5.79. The minimum absolute atomic E-state index is 0.112. The number of ether oxygens (including phenoxy) is 3. The largest absolute Gasteiger partial charge is 0.496 e. The molecule has 0 unspecified atom stereocenters. The molecule has 2 saturated heterocycles. The topological polar surface area (TPSA) is 77.0 Å². The average molecular weight is 293 g/mol. The summed E-state index contributed by atoms with van der Waals surface area (Å²) in [6.45, 7) is 0.623. The minimum Gasteiger partial charge on any atom is -0.496 e. The number of hydrogen-bond donors (Lipinski definition) is 2. The van der Waals surface area contributed by atoms with Gasteiger partial charge in [0.05, 0.1) is 32.8 Å². The van der Waals surface area contributed by atoms with Crippen molar-refractivity contribution in [3.8, 4) is 5.75 Å². The number of nitrogens with one attached hydrogen (secondary N) is 1. The quantitative estimate of drug-likeness (QED) is 0.809. The Balaban J connectivity index is 1.60. The van der Waals surface area contributed by atoms with Crippen LogP contribution in [0.25, 0.3) is 0 Å². The molecule has 0 saturated carbocycles. The van der Waals surface area contributed by atoms with Crippen molar-refractivity contribution >= 4 is 5.91 Å². The van der Waals surface area contributed by atoms with E-state index in [1.807, 2.05) is 24.3 Å². The lowest BCUT2D eigenvalue weighted by Crippen LogP contribution is -2.44. The highest BCUT2D eigenvalue weighted by atomic mass is 16.6. The standard InChI is InChI=1S/C15H19NO5/c1-19-12-5-3-2-4-9(12)6-13(18)16-10-7-20-15-11(17)8-21-14(10)15/h2-5,10-11,14-15,17H,6-8H2,1H3,(H,16,18)/t10-,11-,14+,15+/m0/s1.